The first-order chi connectivity index (χ1) is 8.10. The van der Waals surface area contributed by atoms with Crippen LogP contribution in [-0.4, -0.2) is 36.2 Å². The zero-order chi connectivity index (χ0) is 12.4. The van der Waals surface area contributed by atoms with Crippen molar-refractivity contribution < 1.29 is 14.6 Å². The quantitative estimate of drug-likeness (QED) is 0.895. The molecule has 0 atom stereocenters. The fraction of sp³-hybridized carbons (Fsp3) is 0.417. The van der Waals surface area contributed by atoms with Gasteiger partial charge in [-0.15, -0.1) is 0 Å². The van der Waals surface area contributed by atoms with Crippen LogP contribution in [0.2, 0.25) is 5.02 Å². The van der Waals surface area contributed by atoms with E-state index in [1.54, 1.807) is 7.11 Å². The highest BCUT2D eigenvalue weighted by molar-refractivity contribution is 6.32. The predicted molar refractivity (Wildman–Crippen MR) is 64.6 cm³/mol. The third kappa shape index (κ3) is 2.70. The van der Waals surface area contributed by atoms with E-state index < -0.39 is 5.97 Å². The minimum Gasteiger partial charge on any atom is -0.495 e. The zero-order valence-corrected chi connectivity index (χ0v) is 10.3. The first kappa shape index (κ1) is 12.2. The summed E-state index contributed by atoms with van der Waals surface area (Å²) in [6, 6.07) is 3.81. The molecule has 1 N–H and O–H groups in total. The summed E-state index contributed by atoms with van der Waals surface area (Å²) in [5.74, 6) is -0.120. The Morgan fingerprint density at radius 2 is 2.29 bits per heavy atom. The molecule has 0 aliphatic carbocycles. The molecule has 0 unspecified atom stereocenters. The number of halogens is 1. The molecule has 17 heavy (non-hydrogen) atoms. The second kappa shape index (κ2) is 4.94. The Balaban J connectivity index is 2.21. The molecule has 0 saturated heterocycles. The summed E-state index contributed by atoms with van der Waals surface area (Å²) < 4.78 is 5.16. The van der Waals surface area contributed by atoms with Gasteiger partial charge in [0.05, 0.1) is 18.7 Å². The largest absolute Gasteiger partial charge is 0.495 e. The van der Waals surface area contributed by atoms with Gasteiger partial charge in [0, 0.05) is 13.1 Å². The summed E-state index contributed by atoms with van der Waals surface area (Å²) in [5.41, 5.74) is 2.27. The number of methoxy groups -OCH3 is 1. The molecule has 0 spiro atoms. The molecule has 0 amide bonds. The van der Waals surface area contributed by atoms with Crippen molar-refractivity contribution in [1.82, 2.24) is 4.90 Å². The van der Waals surface area contributed by atoms with Crippen molar-refractivity contribution in [2.45, 2.75) is 13.0 Å². The fourth-order valence-electron chi connectivity index (χ4n) is 2.10. The first-order valence-corrected chi connectivity index (χ1v) is 5.77. The summed E-state index contributed by atoms with van der Waals surface area (Å²) in [7, 11) is 1.59. The number of hydrogen-bond donors (Lipinski definition) is 1. The molecule has 5 heteroatoms. The van der Waals surface area contributed by atoms with E-state index in [2.05, 4.69) is 0 Å². The van der Waals surface area contributed by atoms with Crippen LogP contribution in [0.4, 0.5) is 0 Å². The number of hydrogen-bond acceptors (Lipinski definition) is 3. The van der Waals surface area contributed by atoms with E-state index in [1.165, 1.54) is 5.56 Å². The van der Waals surface area contributed by atoms with E-state index in [9.17, 15) is 4.79 Å². The van der Waals surface area contributed by atoms with Crippen molar-refractivity contribution in [2.75, 3.05) is 20.2 Å². The lowest BCUT2D eigenvalue weighted by molar-refractivity contribution is -0.138. The Hall–Kier alpha value is -1.26. The average molecular weight is 256 g/mol. The predicted octanol–water partition coefficient (Wildman–Crippen LogP) is 1.79. The van der Waals surface area contributed by atoms with E-state index in [4.69, 9.17) is 21.4 Å². The summed E-state index contributed by atoms with van der Waals surface area (Å²) in [6.07, 6.45) is 0.830. The normalized spacial score (nSPS) is 15.4. The number of nitrogens with zero attached hydrogens (tertiary/aromatic N) is 1. The third-order valence-corrected chi connectivity index (χ3v) is 3.22. The summed E-state index contributed by atoms with van der Waals surface area (Å²) in [5, 5.41) is 9.34. The van der Waals surface area contributed by atoms with Gasteiger partial charge in [-0.1, -0.05) is 11.6 Å². The molecule has 1 aromatic rings. The topological polar surface area (TPSA) is 49.8 Å². The zero-order valence-electron chi connectivity index (χ0n) is 9.57. The van der Waals surface area contributed by atoms with E-state index in [0.29, 0.717) is 17.3 Å². The molecule has 0 aromatic heterocycles. The molecule has 1 heterocycles. The minimum atomic E-state index is -0.798. The monoisotopic (exact) mass is 255 g/mol. The molecule has 4 nitrogen and oxygen atoms in total. The number of aliphatic carboxylic acids is 1. The van der Waals surface area contributed by atoms with Gasteiger partial charge in [-0.05, 0) is 29.7 Å². The van der Waals surface area contributed by atoms with Crippen LogP contribution < -0.4 is 4.74 Å². The van der Waals surface area contributed by atoms with Crippen molar-refractivity contribution in [3.05, 3.63) is 28.3 Å². The molecular weight excluding hydrogens is 242 g/mol. The number of carbonyl (C=O) groups is 1. The third-order valence-electron chi connectivity index (χ3n) is 2.92. The Morgan fingerprint density at radius 1 is 1.53 bits per heavy atom. The minimum absolute atomic E-state index is 0.0725. The van der Waals surface area contributed by atoms with E-state index in [0.717, 1.165) is 18.5 Å². The smallest absolute Gasteiger partial charge is 0.317 e. The second-order valence-corrected chi connectivity index (χ2v) is 4.52. The summed E-state index contributed by atoms with van der Waals surface area (Å²) in [4.78, 5) is 12.6. The van der Waals surface area contributed by atoms with Crippen LogP contribution in [0.3, 0.4) is 0 Å². The maximum atomic E-state index is 10.7. The maximum absolute atomic E-state index is 10.7. The second-order valence-electron chi connectivity index (χ2n) is 4.11. The lowest BCUT2D eigenvalue weighted by atomic mass is 9.99. The molecule has 0 saturated carbocycles. The number of carboxylic acid groups (broad SMARTS) is 1. The number of ether oxygens (including phenoxy) is 1. The van der Waals surface area contributed by atoms with E-state index in [-0.39, 0.29) is 6.54 Å². The van der Waals surface area contributed by atoms with Crippen molar-refractivity contribution in [2.24, 2.45) is 0 Å². The molecule has 1 aromatic carbocycles. The Bertz CT molecular complexity index is 448. The highest BCUT2D eigenvalue weighted by atomic mass is 35.5. The van der Waals surface area contributed by atoms with Gasteiger partial charge in [0.1, 0.15) is 5.75 Å². The van der Waals surface area contributed by atoms with Crippen LogP contribution in [0.25, 0.3) is 0 Å². The van der Waals surface area contributed by atoms with E-state index in [1.807, 2.05) is 17.0 Å². The van der Waals surface area contributed by atoms with Crippen LogP contribution in [0.5, 0.6) is 5.75 Å². The maximum Gasteiger partial charge on any atom is 0.317 e. The van der Waals surface area contributed by atoms with Gasteiger partial charge < -0.3 is 9.84 Å². The molecular formula is C12H14ClNO3. The van der Waals surface area contributed by atoms with E-state index >= 15 is 0 Å². The number of carboxylic acids is 1. The van der Waals surface area contributed by atoms with Crippen molar-refractivity contribution in [3.8, 4) is 5.75 Å². The van der Waals surface area contributed by atoms with Gasteiger partial charge in [-0.3, -0.25) is 9.69 Å². The summed E-state index contributed by atoms with van der Waals surface area (Å²) >= 11 is 6.05. The van der Waals surface area contributed by atoms with Gasteiger partial charge >= 0.3 is 5.97 Å². The molecule has 2 rings (SSSR count). The first-order valence-electron chi connectivity index (χ1n) is 5.39. The van der Waals surface area contributed by atoms with Crippen molar-refractivity contribution in [3.63, 3.8) is 0 Å². The van der Waals surface area contributed by atoms with Crippen LogP contribution in [0, 0.1) is 0 Å². The lowest BCUT2D eigenvalue weighted by Gasteiger charge is -2.27. The molecule has 1 aliphatic rings. The van der Waals surface area contributed by atoms with Crippen molar-refractivity contribution in [1.29, 1.82) is 0 Å². The van der Waals surface area contributed by atoms with Crippen LogP contribution in [0.15, 0.2) is 12.1 Å². The summed E-state index contributed by atoms with van der Waals surface area (Å²) in [6.45, 7) is 1.46. The molecule has 0 bridgehead atoms. The molecule has 0 fully saturated rings. The van der Waals surface area contributed by atoms with Gasteiger partial charge in [0.25, 0.3) is 0 Å². The number of rotatable bonds is 3. The van der Waals surface area contributed by atoms with Crippen molar-refractivity contribution >= 4 is 17.6 Å². The number of fused-ring (bicyclic) bond motifs is 1. The van der Waals surface area contributed by atoms with Gasteiger partial charge in [-0.25, -0.2) is 0 Å². The Kier molecular flexibility index (Phi) is 3.54. The van der Waals surface area contributed by atoms with Crippen LogP contribution in [0.1, 0.15) is 11.1 Å². The fourth-order valence-corrected chi connectivity index (χ4v) is 2.36. The van der Waals surface area contributed by atoms with Gasteiger partial charge in [0.15, 0.2) is 0 Å². The van der Waals surface area contributed by atoms with Gasteiger partial charge in [0.2, 0.25) is 0 Å². The molecule has 92 valence electrons. The number of benzene rings is 1. The van der Waals surface area contributed by atoms with Crippen LogP contribution in [-0.2, 0) is 17.8 Å². The Morgan fingerprint density at radius 3 is 2.94 bits per heavy atom. The molecule has 1 aliphatic heterocycles. The highest BCUT2D eigenvalue weighted by Gasteiger charge is 2.19. The molecule has 0 radical (unpaired) electrons. The lowest BCUT2D eigenvalue weighted by Crippen LogP contribution is -2.34. The highest BCUT2D eigenvalue weighted by Crippen LogP contribution is 2.31. The standard InChI is InChI=1S/C12H14ClNO3/c1-17-11-5-8-2-3-14(7-12(15)16)6-9(8)4-10(11)13/h4-5H,2-3,6-7H2,1H3,(H,15,16). The van der Waals surface area contributed by atoms with Gasteiger partial charge in [-0.2, -0.15) is 0 Å². The SMILES string of the molecule is COc1cc2c(cc1Cl)CN(CC(=O)O)CC2. The average Bonchev–Trinajstić information content (AvgIpc) is 2.27. The van der Waals surface area contributed by atoms with Crippen LogP contribution >= 0.6 is 11.6 Å². The Labute approximate surface area is 105 Å².